The summed E-state index contributed by atoms with van der Waals surface area (Å²) < 4.78 is 4.09. The molecule has 1 aromatic rings. The highest BCUT2D eigenvalue weighted by Gasteiger charge is 2.17. The number of benzene rings is 1. The quantitative estimate of drug-likeness (QED) is 0.715. The molecule has 0 atom stereocenters. The number of rotatable bonds is 1. The van der Waals surface area contributed by atoms with Gasteiger partial charge in [0.2, 0.25) is 0 Å². The van der Waals surface area contributed by atoms with Crippen LogP contribution in [0.2, 0.25) is 0 Å². The summed E-state index contributed by atoms with van der Waals surface area (Å²) in [4.78, 5) is 0. The summed E-state index contributed by atoms with van der Waals surface area (Å²) in [5.41, 5.74) is 2.14. The number of hydrogen-bond donors (Lipinski definition) is 1. The first kappa shape index (κ1) is 9.27. The largest absolute Gasteiger partial charge is 0.508 e. The van der Waals surface area contributed by atoms with Gasteiger partial charge in [0.1, 0.15) is 5.75 Å². The molecule has 14 heavy (non-hydrogen) atoms. The SMILES string of the molecule is CN1C=C(c2cccc(O)c2)N(C)S1. The second-order valence-electron chi connectivity index (χ2n) is 3.19. The first-order valence-electron chi connectivity index (χ1n) is 4.33. The van der Waals surface area contributed by atoms with Gasteiger partial charge in [-0.2, -0.15) is 0 Å². The van der Waals surface area contributed by atoms with Crippen LogP contribution in [-0.2, 0) is 0 Å². The zero-order valence-electron chi connectivity index (χ0n) is 8.14. The van der Waals surface area contributed by atoms with Crippen LogP contribution >= 0.6 is 12.1 Å². The summed E-state index contributed by atoms with van der Waals surface area (Å²) in [6.07, 6.45) is 2.04. The average Bonchev–Trinajstić information content (AvgIpc) is 2.45. The third kappa shape index (κ3) is 1.65. The summed E-state index contributed by atoms with van der Waals surface area (Å²) in [5.74, 6) is 0.302. The van der Waals surface area contributed by atoms with Gasteiger partial charge in [-0.3, -0.25) is 4.31 Å². The van der Waals surface area contributed by atoms with Gasteiger partial charge < -0.3 is 9.41 Å². The zero-order valence-corrected chi connectivity index (χ0v) is 8.95. The van der Waals surface area contributed by atoms with Crippen LogP contribution in [0.15, 0.2) is 30.5 Å². The smallest absolute Gasteiger partial charge is 0.116 e. The van der Waals surface area contributed by atoms with Crippen LogP contribution in [0.3, 0.4) is 0 Å². The standard InChI is InChI=1S/C10H12N2OS/c1-11-7-10(12(2)14-11)8-4-3-5-9(13)6-8/h3-7,13H,1-2H3. The molecule has 0 saturated heterocycles. The van der Waals surface area contributed by atoms with E-state index in [1.807, 2.05) is 36.7 Å². The van der Waals surface area contributed by atoms with Gasteiger partial charge >= 0.3 is 0 Å². The van der Waals surface area contributed by atoms with Crippen LogP contribution < -0.4 is 0 Å². The van der Waals surface area contributed by atoms with E-state index in [1.54, 1.807) is 24.3 Å². The third-order valence-electron chi connectivity index (χ3n) is 2.04. The fourth-order valence-electron chi connectivity index (χ4n) is 1.44. The lowest BCUT2D eigenvalue weighted by Gasteiger charge is -2.14. The van der Waals surface area contributed by atoms with E-state index >= 15 is 0 Å². The van der Waals surface area contributed by atoms with Crippen molar-refractivity contribution < 1.29 is 5.11 Å². The molecule has 0 aromatic heterocycles. The zero-order chi connectivity index (χ0) is 10.1. The van der Waals surface area contributed by atoms with E-state index < -0.39 is 0 Å². The highest BCUT2D eigenvalue weighted by atomic mass is 32.2. The van der Waals surface area contributed by atoms with Gasteiger partial charge in [-0.15, -0.1) is 0 Å². The summed E-state index contributed by atoms with van der Waals surface area (Å²) in [5, 5.41) is 9.36. The van der Waals surface area contributed by atoms with Gasteiger partial charge in [0.05, 0.1) is 17.8 Å². The number of phenolic OH excluding ortho intramolecular Hbond substituents is 1. The Morgan fingerprint density at radius 1 is 1.29 bits per heavy atom. The van der Waals surface area contributed by atoms with Crippen molar-refractivity contribution in [3.63, 3.8) is 0 Å². The molecule has 1 aliphatic heterocycles. The van der Waals surface area contributed by atoms with E-state index in [-0.39, 0.29) is 0 Å². The highest BCUT2D eigenvalue weighted by Crippen LogP contribution is 2.34. The predicted octanol–water partition coefficient (Wildman–Crippen LogP) is 2.13. The number of nitrogens with zero attached hydrogens (tertiary/aromatic N) is 2. The molecule has 0 bridgehead atoms. The fourth-order valence-corrected chi connectivity index (χ4v) is 2.21. The molecule has 0 spiro atoms. The van der Waals surface area contributed by atoms with Crippen molar-refractivity contribution in [2.24, 2.45) is 0 Å². The summed E-state index contributed by atoms with van der Waals surface area (Å²) in [6.45, 7) is 0. The van der Waals surface area contributed by atoms with Crippen molar-refractivity contribution in [1.82, 2.24) is 8.61 Å². The second-order valence-corrected chi connectivity index (χ2v) is 4.48. The Labute approximate surface area is 87.9 Å². The normalized spacial score (nSPS) is 16.0. The molecule has 1 N–H and O–H groups in total. The minimum Gasteiger partial charge on any atom is -0.508 e. The molecule has 0 saturated carbocycles. The van der Waals surface area contributed by atoms with Crippen molar-refractivity contribution in [2.75, 3.05) is 14.1 Å². The van der Waals surface area contributed by atoms with Crippen molar-refractivity contribution >= 4 is 17.8 Å². The molecule has 1 aliphatic rings. The average molecular weight is 208 g/mol. The molecule has 4 heteroatoms. The Morgan fingerprint density at radius 3 is 2.64 bits per heavy atom. The Morgan fingerprint density at radius 2 is 2.07 bits per heavy atom. The molecule has 0 unspecified atom stereocenters. The number of phenols is 1. The van der Waals surface area contributed by atoms with Gasteiger partial charge in [0, 0.05) is 25.9 Å². The monoisotopic (exact) mass is 208 g/mol. The van der Waals surface area contributed by atoms with E-state index in [4.69, 9.17) is 0 Å². The molecule has 0 fully saturated rings. The van der Waals surface area contributed by atoms with Gasteiger partial charge in [0.15, 0.2) is 0 Å². The molecular formula is C10H12N2OS. The lowest BCUT2D eigenvalue weighted by Crippen LogP contribution is -2.04. The van der Waals surface area contributed by atoms with E-state index in [9.17, 15) is 5.11 Å². The molecule has 0 amide bonds. The van der Waals surface area contributed by atoms with Crippen LogP contribution in [0, 0.1) is 0 Å². The first-order valence-corrected chi connectivity index (χ1v) is 5.06. The minimum atomic E-state index is 0.302. The highest BCUT2D eigenvalue weighted by molar-refractivity contribution is 7.95. The molecular weight excluding hydrogens is 196 g/mol. The molecule has 0 radical (unpaired) electrons. The lowest BCUT2D eigenvalue weighted by molar-refractivity contribution is 0.475. The van der Waals surface area contributed by atoms with Crippen molar-refractivity contribution in [3.8, 4) is 5.75 Å². The van der Waals surface area contributed by atoms with Crippen molar-refractivity contribution in [2.45, 2.75) is 0 Å². The van der Waals surface area contributed by atoms with Crippen LogP contribution in [0.25, 0.3) is 5.70 Å². The molecule has 0 aliphatic carbocycles. The van der Waals surface area contributed by atoms with Crippen LogP contribution in [0.4, 0.5) is 0 Å². The fraction of sp³-hybridized carbons (Fsp3) is 0.200. The van der Waals surface area contributed by atoms with E-state index in [0.29, 0.717) is 5.75 Å². The Kier molecular flexibility index (Phi) is 2.29. The Hall–Kier alpha value is -1.29. The minimum absolute atomic E-state index is 0.302. The molecule has 74 valence electrons. The maximum Gasteiger partial charge on any atom is 0.116 e. The summed E-state index contributed by atoms with van der Waals surface area (Å²) in [7, 11) is 4.00. The third-order valence-corrected chi connectivity index (χ3v) is 2.84. The van der Waals surface area contributed by atoms with Gasteiger partial charge in [-0.25, -0.2) is 0 Å². The maximum absolute atomic E-state index is 9.36. The van der Waals surface area contributed by atoms with E-state index in [2.05, 4.69) is 4.31 Å². The number of hydrogen-bond acceptors (Lipinski definition) is 4. The Bertz CT molecular complexity index is 378. The van der Waals surface area contributed by atoms with Gasteiger partial charge in [-0.05, 0) is 12.1 Å². The number of aromatic hydroxyl groups is 1. The van der Waals surface area contributed by atoms with Gasteiger partial charge in [-0.1, -0.05) is 12.1 Å². The van der Waals surface area contributed by atoms with E-state index in [1.165, 1.54) is 0 Å². The molecule has 2 rings (SSSR count). The van der Waals surface area contributed by atoms with Crippen LogP contribution in [-0.4, -0.2) is 27.8 Å². The maximum atomic E-state index is 9.36. The predicted molar refractivity (Wildman–Crippen MR) is 59.2 cm³/mol. The van der Waals surface area contributed by atoms with Crippen molar-refractivity contribution in [3.05, 3.63) is 36.0 Å². The van der Waals surface area contributed by atoms with Gasteiger partial charge in [0.25, 0.3) is 0 Å². The topological polar surface area (TPSA) is 26.7 Å². The lowest BCUT2D eigenvalue weighted by atomic mass is 10.1. The summed E-state index contributed by atoms with van der Waals surface area (Å²) in [6, 6.07) is 7.28. The second kappa shape index (κ2) is 3.46. The van der Waals surface area contributed by atoms with Crippen LogP contribution in [0.1, 0.15) is 5.56 Å². The first-order chi connectivity index (χ1) is 6.66. The molecule has 1 heterocycles. The van der Waals surface area contributed by atoms with E-state index in [0.717, 1.165) is 11.3 Å². The molecule has 1 aromatic carbocycles. The Balaban J connectivity index is 2.36. The molecule has 3 nitrogen and oxygen atoms in total. The van der Waals surface area contributed by atoms with Crippen molar-refractivity contribution in [1.29, 1.82) is 0 Å². The summed E-state index contributed by atoms with van der Waals surface area (Å²) >= 11 is 1.62. The van der Waals surface area contributed by atoms with Crippen LogP contribution in [0.5, 0.6) is 5.75 Å².